The molecule has 0 bridgehead atoms. The van der Waals surface area contributed by atoms with Crippen LogP contribution in [0.5, 0.6) is 0 Å². The SMILES string of the molecule is O=C(C1CCCCC1)N(Cc1nc2ccccc2c(=O)[nH]1)CC1CCCO1. The predicted molar refractivity (Wildman–Crippen MR) is 103 cm³/mol. The van der Waals surface area contributed by atoms with Crippen LogP contribution in [0.15, 0.2) is 29.1 Å². The number of ether oxygens (including phenoxy) is 1. The molecule has 2 heterocycles. The molecule has 2 aliphatic rings. The molecule has 144 valence electrons. The molecular weight excluding hydrogens is 342 g/mol. The summed E-state index contributed by atoms with van der Waals surface area (Å²) in [5, 5.41) is 0.575. The Balaban J connectivity index is 1.57. The molecule has 27 heavy (non-hydrogen) atoms. The monoisotopic (exact) mass is 369 g/mol. The number of carbonyl (C=O) groups is 1. The van der Waals surface area contributed by atoms with Gasteiger partial charge in [-0.3, -0.25) is 9.59 Å². The van der Waals surface area contributed by atoms with Gasteiger partial charge in [0, 0.05) is 19.1 Å². The average Bonchev–Trinajstić information content (AvgIpc) is 3.21. The summed E-state index contributed by atoms with van der Waals surface area (Å²) in [6, 6.07) is 7.30. The summed E-state index contributed by atoms with van der Waals surface area (Å²) in [5.41, 5.74) is 0.510. The number of para-hydroxylation sites is 1. The van der Waals surface area contributed by atoms with E-state index in [0.29, 0.717) is 29.8 Å². The zero-order valence-corrected chi connectivity index (χ0v) is 15.7. The molecule has 6 heteroatoms. The second-order valence-electron chi connectivity index (χ2n) is 7.72. The van der Waals surface area contributed by atoms with Crippen LogP contribution in [0.25, 0.3) is 10.9 Å². The third kappa shape index (κ3) is 4.21. The number of rotatable bonds is 5. The van der Waals surface area contributed by atoms with E-state index < -0.39 is 0 Å². The van der Waals surface area contributed by atoms with Crippen LogP contribution in [0.4, 0.5) is 0 Å². The lowest BCUT2D eigenvalue weighted by atomic mass is 9.88. The summed E-state index contributed by atoms with van der Waals surface area (Å²) in [4.78, 5) is 34.9. The number of amides is 1. The zero-order chi connectivity index (χ0) is 18.6. The maximum Gasteiger partial charge on any atom is 0.258 e. The molecule has 2 aromatic rings. The Labute approximate surface area is 158 Å². The van der Waals surface area contributed by atoms with Crippen molar-refractivity contribution in [3.05, 3.63) is 40.4 Å². The Bertz CT molecular complexity index is 851. The molecule has 1 aromatic heterocycles. The van der Waals surface area contributed by atoms with Crippen LogP contribution in [-0.2, 0) is 16.1 Å². The highest BCUT2D eigenvalue weighted by Crippen LogP contribution is 2.26. The van der Waals surface area contributed by atoms with Crippen LogP contribution in [-0.4, -0.2) is 40.0 Å². The van der Waals surface area contributed by atoms with Crippen molar-refractivity contribution >= 4 is 16.8 Å². The first-order valence-corrected chi connectivity index (χ1v) is 10.1. The molecule has 1 saturated heterocycles. The second-order valence-corrected chi connectivity index (χ2v) is 7.72. The smallest absolute Gasteiger partial charge is 0.258 e. The van der Waals surface area contributed by atoms with Crippen LogP contribution in [0.3, 0.4) is 0 Å². The van der Waals surface area contributed by atoms with Crippen molar-refractivity contribution in [2.75, 3.05) is 13.2 Å². The highest BCUT2D eigenvalue weighted by molar-refractivity contribution is 5.79. The van der Waals surface area contributed by atoms with Gasteiger partial charge in [0.1, 0.15) is 5.82 Å². The maximum absolute atomic E-state index is 13.2. The van der Waals surface area contributed by atoms with Gasteiger partial charge in [0.25, 0.3) is 5.56 Å². The van der Waals surface area contributed by atoms with Crippen molar-refractivity contribution in [2.24, 2.45) is 5.92 Å². The Morgan fingerprint density at radius 1 is 1.15 bits per heavy atom. The van der Waals surface area contributed by atoms with E-state index in [1.54, 1.807) is 6.07 Å². The lowest BCUT2D eigenvalue weighted by Gasteiger charge is -2.30. The van der Waals surface area contributed by atoms with E-state index >= 15 is 0 Å². The molecule has 4 rings (SSSR count). The van der Waals surface area contributed by atoms with Crippen LogP contribution in [0.1, 0.15) is 50.8 Å². The van der Waals surface area contributed by atoms with Crippen molar-refractivity contribution in [3.63, 3.8) is 0 Å². The summed E-state index contributed by atoms with van der Waals surface area (Å²) in [6.07, 6.45) is 7.49. The van der Waals surface area contributed by atoms with E-state index in [-0.39, 0.29) is 23.5 Å². The largest absolute Gasteiger partial charge is 0.376 e. The number of H-pyrrole nitrogens is 1. The first kappa shape index (κ1) is 18.2. The van der Waals surface area contributed by atoms with Gasteiger partial charge < -0.3 is 14.6 Å². The van der Waals surface area contributed by atoms with Crippen molar-refractivity contribution in [1.82, 2.24) is 14.9 Å². The summed E-state index contributed by atoms with van der Waals surface area (Å²) in [5.74, 6) is 0.814. The van der Waals surface area contributed by atoms with E-state index in [9.17, 15) is 9.59 Å². The minimum Gasteiger partial charge on any atom is -0.376 e. The van der Waals surface area contributed by atoms with Crippen molar-refractivity contribution in [3.8, 4) is 0 Å². The number of hydrogen-bond donors (Lipinski definition) is 1. The summed E-state index contributed by atoms with van der Waals surface area (Å²) in [7, 11) is 0. The highest BCUT2D eigenvalue weighted by Gasteiger charge is 2.29. The highest BCUT2D eigenvalue weighted by atomic mass is 16.5. The van der Waals surface area contributed by atoms with Gasteiger partial charge in [-0.25, -0.2) is 4.98 Å². The second kappa shape index (κ2) is 8.21. The Hall–Kier alpha value is -2.21. The van der Waals surface area contributed by atoms with Gasteiger partial charge >= 0.3 is 0 Å². The number of carbonyl (C=O) groups excluding carboxylic acids is 1. The number of nitrogens with one attached hydrogen (secondary N) is 1. The first-order valence-electron chi connectivity index (χ1n) is 10.1. The van der Waals surface area contributed by atoms with Gasteiger partial charge in [-0.05, 0) is 37.8 Å². The molecule has 6 nitrogen and oxygen atoms in total. The van der Waals surface area contributed by atoms with Crippen LogP contribution >= 0.6 is 0 Å². The molecule has 1 aromatic carbocycles. The van der Waals surface area contributed by atoms with E-state index in [0.717, 1.165) is 45.1 Å². The molecule has 0 radical (unpaired) electrons. The van der Waals surface area contributed by atoms with Crippen LogP contribution < -0.4 is 5.56 Å². The molecular formula is C21H27N3O3. The Morgan fingerprint density at radius 2 is 1.96 bits per heavy atom. The molecule has 1 N–H and O–H groups in total. The van der Waals surface area contributed by atoms with E-state index in [2.05, 4.69) is 9.97 Å². The number of fused-ring (bicyclic) bond motifs is 1. The molecule has 1 aliphatic heterocycles. The molecule has 2 fully saturated rings. The molecule has 1 saturated carbocycles. The molecule has 1 atom stereocenters. The number of nitrogens with zero attached hydrogens (tertiary/aromatic N) is 2. The van der Waals surface area contributed by atoms with Gasteiger partial charge in [-0.1, -0.05) is 31.4 Å². The van der Waals surface area contributed by atoms with E-state index in [1.807, 2.05) is 23.1 Å². The topological polar surface area (TPSA) is 75.3 Å². The molecule has 1 aliphatic carbocycles. The number of aromatic nitrogens is 2. The Morgan fingerprint density at radius 3 is 2.74 bits per heavy atom. The fraction of sp³-hybridized carbons (Fsp3) is 0.571. The molecule has 1 amide bonds. The van der Waals surface area contributed by atoms with Gasteiger partial charge in [0.15, 0.2) is 0 Å². The van der Waals surface area contributed by atoms with Crippen LogP contribution in [0.2, 0.25) is 0 Å². The minimum atomic E-state index is -0.155. The van der Waals surface area contributed by atoms with Crippen molar-refractivity contribution in [1.29, 1.82) is 0 Å². The van der Waals surface area contributed by atoms with E-state index in [1.165, 1.54) is 6.42 Å². The minimum absolute atomic E-state index is 0.0877. The molecule has 0 spiro atoms. The van der Waals surface area contributed by atoms with Crippen molar-refractivity contribution < 1.29 is 9.53 Å². The summed E-state index contributed by atoms with van der Waals surface area (Å²) in [6.45, 7) is 1.67. The Kier molecular flexibility index (Phi) is 5.53. The van der Waals surface area contributed by atoms with Gasteiger partial charge in [-0.2, -0.15) is 0 Å². The fourth-order valence-electron chi connectivity index (χ4n) is 4.26. The van der Waals surface area contributed by atoms with E-state index in [4.69, 9.17) is 4.74 Å². The number of aromatic amines is 1. The third-order valence-corrected chi connectivity index (χ3v) is 5.72. The summed E-state index contributed by atoms with van der Waals surface area (Å²) < 4.78 is 5.77. The van der Waals surface area contributed by atoms with Gasteiger partial charge in [-0.15, -0.1) is 0 Å². The maximum atomic E-state index is 13.2. The molecule has 1 unspecified atom stereocenters. The first-order chi connectivity index (χ1) is 13.2. The number of hydrogen-bond acceptors (Lipinski definition) is 4. The average molecular weight is 369 g/mol. The lowest BCUT2D eigenvalue weighted by Crippen LogP contribution is -2.41. The quantitative estimate of drug-likeness (QED) is 0.879. The fourth-order valence-corrected chi connectivity index (χ4v) is 4.26. The lowest BCUT2D eigenvalue weighted by molar-refractivity contribution is -0.139. The zero-order valence-electron chi connectivity index (χ0n) is 15.7. The van der Waals surface area contributed by atoms with Gasteiger partial charge in [0.2, 0.25) is 5.91 Å². The van der Waals surface area contributed by atoms with Crippen LogP contribution in [0, 0.1) is 5.92 Å². The summed E-state index contributed by atoms with van der Waals surface area (Å²) >= 11 is 0. The standard InChI is InChI=1S/C21H27N3O3/c25-20-17-10-4-5-11-18(17)22-19(23-20)14-24(13-16-9-6-12-27-16)21(26)15-7-2-1-3-8-15/h4-5,10-11,15-16H,1-3,6-9,12-14H2,(H,22,23,25). The van der Waals surface area contributed by atoms with Crippen molar-refractivity contribution in [2.45, 2.75) is 57.6 Å². The number of benzene rings is 1. The van der Waals surface area contributed by atoms with Gasteiger partial charge in [0.05, 0.1) is 23.6 Å². The predicted octanol–water partition coefficient (Wildman–Crippen LogP) is 3.01. The normalized spacial score (nSPS) is 20.8. The third-order valence-electron chi connectivity index (χ3n) is 5.72.